The van der Waals surface area contributed by atoms with Gasteiger partial charge in [0.15, 0.2) is 5.13 Å². The summed E-state index contributed by atoms with van der Waals surface area (Å²) in [6.07, 6.45) is 1.41. The van der Waals surface area contributed by atoms with Crippen LogP contribution in [0.25, 0.3) is 0 Å². The quantitative estimate of drug-likeness (QED) is 0.644. The van der Waals surface area contributed by atoms with Crippen LogP contribution in [0.15, 0.2) is 52.5 Å². The SMILES string of the molecule is CC(=O)N(c1cccc(C)c1)c1nc(COC(=O)c2ccco2)cs1. The number of hydrogen-bond acceptors (Lipinski definition) is 6. The van der Waals surface area contributed by atoms with Crippen molar-refractivity contribution < 1.29 is 18.7 Å². The number of nitrogens with zero attached hydrogens (tertiary/aromatic N) is 2. The maximum absolute atomic E-state index is 12.1. The summed E-state index contributed by atoms with van der Waals surface area (Å²) in [4.78, 5) is 29.8. The first-order chi connectivity index (χ1) is 12.0. The molecule has 0 aliphatic heterocycles. The van der Waals surface area contributed by atoms with Crippen molar-refractivity contribution in [3.8, 4) is 0 Å². The molecule has 2 heterocycles. The summed E-state index contributed by atoms with van der Waals surface area (Å²) in [7, 11) is 0. The molecule has 0 bridgehead atoms. The number of rotatable bonds is 5. The highest BCUT2D eigenvalue weighted by atomic mass is 32.1. The van der Waals surface area contributed by atoms with Gasteiger partial charge in [0.05, 0.1) is 17.6 Å². The van der Waals surface area contributed by atoms with Gasteiger partial charge in [-0.2, -0.15) is 0 Å². The number of aryl methyl sites for hydroxylation is 1. The first-order valence-electron chi connectivity index (χ1n) is 7.57. The smallest absolute Gasteiger partial charge is 0.374 e. The van der Waals surface area contributed by atoms with Crippen LogP contribution in [0.5, 0.6) is 0 Å². The lowest BCUT2D eigenvalue weighted by Gasteiger charge is -2.18. The monoisotopic (exact) mass is 356 g/mol. The highest BCUT2D eigenvalue weighted by Crippen LogP contribution is 2.29. The Hall–Kier alpha value is -2.93. The van der Waals surface area contributed by atoms with Crippen LogP contribution in [0.4, 0.5) is 10.8 Å². The Morgan fingerprint density at radius 3 is 2.80 bits per heavy atom. The van der Waals surface area contributed by atoms with Gasteiger partial charge in [0.25, 0.3) is 0 Å². The predicted octanol–water partition coefficient (Wildman–Crippen LogP) is 4.09. The zero-order valence-corrected chi connectivity index (χ0v) is 14.6. The van der Waals surface area contributed by atoms with E-state index in [1.807, 2.05) is 31.2 Å². The third kappa shape index (κ3) is 3.95. The lowest BCUT2D eigenvalue weighted by atomic mass is 10.2. The number of anilines is 2. The first kappa shape index (κ1) is 16.9. The molecule has 0 N–H and O–H groups in total. The molecule has 0 spiro atoms. The van der Waals surface area contributed by atoms with Gasteiger partial charge in [0.1, 0.15) is 6.61 Å². The van der Waals surface area contributed by atoms with E-state index >= 15 is 0 Å². The maximum Gasteiger partial charge on any atom is 0.374 e. The summed E-state index contributed by atoms with van der Waals surface area (Å²) in [6, 6.07) is 10.8. The third-order valence-corrected chi connectivity index (χ3v) is 4.25. The largest absolute Gasteiger partial charge is 0.457 e. The van der Waals surface area contributed by atoms with Gasteiger partial charge in [-0.05, 0) is 36.8 Å². The molecule has 0 atom stereocenters. The van der Waals surface area contributed by atoms with Crippen molar-refractivity contribution in [2.24, 2.45) is 0 Å². The Morgan fingerprint density at radius 2 is 2.12 bits per heavy atom. The molecule has 1 amide bonds. The van der Waals surface area contributed by atoms with Crippen LogP contribution in [0.2, 0.25) is 0 Å². The number of thiazole rings is 1. The topological polar surface area (TPSA) is 72.6 Å². The first-order valence-corrected chi connectivity index (χ1v) is 8.45. The number of aromatic nitrogens is 1. The summed E-state index contributed by atoms with van der Waals surface area (Å²) in [6.45, 7) is 3.46. The van der Waals surface area contributed by atoms with Crippen molar-refractivity contribution in [1.29, 1.82) is 0 Å². The molecule has 0 unspecified atom stereocenters. The van der Waals surface area contributed by atoms with Crippen LogP contribution in [-0.2, 0) is 16.1 Å². The Balaban J connectivity index is 1.74. The van der Waals surface area contributed by atoms with Gasteiger partial charge < -0.3 is 9.15 Å². The fourth-order valence-corrected chi connectivity index (χ4v) is 3.14. The Bertz CT molecular complexity index is 886. The lowest BCUT2D eigenvalue weighted by molar-refractivity contribution is -0.115. The van der Waals surface area contributed by atoms with E-state index in [4.69, 9.17) is 9.15 Å². The van der Waals surface area contributed by atoms with E-state index < -0.39 is 5.97 Å². The Kier molecular flexibility index (Phi) is 4.95. The average molecular weight is 356 g/mol. The van der Waals surface area contributed by atoms with Crippen molar-refractivity contribution in [1.82, 2.24) is 4.98 Å². The van der Waals surface area contributed by atoms with Crippen LogP contribution in [-0.4, -0.2) is 16.9 Å². The molecular weight excluding hydrogens is 340 g/mol. The molecule has 7 heteroatoms. The summed E-state index contributed by atoms with van der Waals surface area (Å²) in [5.41, 5.74) is 2.37. The number of esters is 1. The molecule has 3 rings (SSSR count). The van der Waals surface area contributed by atoms with Crippen LogP contribution in [0.3, 0.4) is 0 Å². The highest BCUT2D eigenvalue weighted by molar-refractivity contribution is 7.14. The minimum atomic E-state index is -0.554. The number of furan rings is 1. The maximum atomic E-state index is 12.1. The molecule has 6 nitrogen and oxygen atoms in total. The summed E-state index contributed by atoms with van der Waals surface area (Å²) in [5, 5.41) is 2.29. The van der Waals surface area contributed by atoms with Gasteiger partial charge >= 0.3 is 5.97 Å². The Morgan fingerprint density at radius 1 is 1.28 bits per heavy atom. The van der Waals surface area contributed by atoms with Crippen LogP contribution in [0, 0.1) is 6.92 Å². The van der Waals surface area contributed by atoms with E-state index in [9.17, 15) is 9.59 Å². The fourth-order valence-electron chi connectivity index (χ4n) is 2.26. The predicted molar refractivity (Wildman–Crippen MR) is 93.9 cm³/mol. The summed E-state index contributed by atoms with van der Waals surface area (Å²) in [5.74, 6) is -0.554. The molecule has 0 fully saturated rings. The normalized spacial score (nSPS) is 10.5. The molecule has 1 aromatic carbocycles. The van der Waals surface area contributed by atoms with E-state index in [-0.39, 0.29) is 18.3 Å². The van der Waals surface area contributed by atoms with Gasteiger partial charge in [-0.25, -0.2) is 9.78 Å². The van der Waals surface area contributed by atoms with Crippen molar-refractivity contribution in [2.75, 3.05) is 4.90 Å². The number of carbonyl (C=O) groups excluding carboxylic acids is 2. The molecule has 0 saturated heterocycles. The lowest BCUT2D eigenvalue weighted by Crippen LogP contribution is -2.22. The molecule has 0 aliphatic carbocycles. The standard InChI is InChI=1S/C18H16N2O4S/c1-12-5-3-6-15(9-12)20(13(2)21)18-19-14(11-25-18)10-24-17(22)16-7-4-8-23-16/h3-9,11H,10H2,1-2H3. The molecule has 3 aromatic rings. The summed E-state index contributed by atoms with van der Waals surface area (Å²) < 4.78 is 10.1. The molecule has 0 aliphatic rings. The van der Waals surface area contributed by atoms with Gasteiger partial charge in [0, 0.05) is 12.3 Å². The van der Waals surface area contributed by atoms with E-state index in [1.165, 1.54) is 35.5 Å². The molecular formula is C18H16N2O4S. The van der Waals surface area contributed by atoms with Crippen molar-refractivity contribution in [3.63, 3.8) is 0 Å². The van der Waals surface area contributed by atoms with Gasteiger partial charge in [-0.3, -0.25) is 9.69 Å². The number of carbonyl (C=O) groups is 2. The molecule has 0 saturated carbocycles. The van der Waals surface area contributed by atoms with Crippen LogP contribution in [0.1, 0.15) is 28.7 Å². The fraction of sp³-hybridized carbons (Fsp3) is 0.167. The molecule has 128 valence electrons. The zero-order chi connectivity index (χ0) is 17.8. The molecule has 2 aromatic heterocycles. The van der Waals surface area contributed by atoms with Crippen LogP contribution >= 0.6 is 11.3 Å². The number of ether oxygens (including phenoxy) is 1. The Labute approximate surface area is 148 Å². The average Bonchev–Trinajstić information content (AvgIpc) is 3.25. The number of benzene rings is 1. The van der Waals surface area contributed by atoms with Gasteiger partial charge in [-0.1, -0.05) is 12.1 Å². The van der Waals surface area contributed by atoms with Crippen molar-refractivity contribution in [2.45, 2.75) is 20.5 Å². The number of amides is 1. The van der Waals surface area contributed by atoms with E-state index in [0.29, 0.717) is 10.8 Å². The second-order valence-corrected chi connectivity index (χ2v) is 6.20. The van der Waals surface area contributed by atoms with Crippen LogP contribution < -0.4 is 4.90 Å². The minimum Gasteiger partial charge on any atom is -0.457 e. The molecule has 0 radical (unpaired) electrons. The van der Waals surface area contributed by atoms with Gasteiger partial charge in [0.2, 0.25) is 11.7 Å². The number of hydrogen-bond donors (Lipinski definition) is 0. The van der Waals surface area contributed by atoms with Gasteiger partial charge in [-0.15, -0.1) is 11.3 Å². The summed E-state index contributed by atoms with van der Waals surface area (Å²) >= 11 is 1.32. The second-order valence-electron chi connectivity index (χ2n) is 5.37. The zero-order valence-electron chi connectivity index (χ0n) is 13.8. The van der Waals surface area contributed by atoms with E-state index in [0.717, 1.165) is 11.3 Å². The highest BCUT2D eigenvalue weighted by Gasteiger charge is 2.19. The third-order valence-electron chi connectivity index (χ3n) is 3.38. The molecule has 25 heavy (non-hydrogen) atoms. The van der Waals surface area contributed by atoms with Crippen molar-refractivity contribution in [3.05, 3.63) is 65.1 Å². The second kappa shape index (κ2) is 7.31. The minimum absolute atomic E-state index is 0.00952. The van der Waals surface area contributed by atoms with E-state index in [1.54, 1.807) is 11.4 Å². The van der Waals surface area contributed by atoms with Crippen molar-refractivity contribution >= 4 is 34.0 Å². The van der Waals surface area contributed by atoms with E-state index in [2.05, 4.69) is 4.98 Å².